The maximum absolute atomic E-state index is 5.88. The molecule has 21 heavy (non-hydrogen) atoms. The standard InChI is InChI=1S/C15H18N4OS/c1-10-9-21-15(17-10)12-8-19(6-7-20-12)13-4-5-16-14(18-13)11-2-3-11/h4-5,9,11-12H,2-3,6-8H2,1H3. The van der Waals surface area contributed by atoms with Crippen molar-refractivity contribution in [2.75, 3.05) is 24.6 Å². The van der Waals surface area contributed by atoms with Crippen molar-refractivity contribution in [3.05, 3.63) is 34.2 Å². The third-order valence-corrected chi connectivity index (χ3v) is 4.96. The Morgan fingerprint density at radius 1 is 1.33 bits per heavy atom. The number of hydrogen-bond acceptors (Lipinski definition) is 6. The Balaban J connectivity index is 1.53. The molecule has 4 rings (SSSR count). The molecule has 2 aromatic heterocycles. The molecule has 5 nitrogen and oxygen atoms in total. The van der Waals surface area contributed by atoms with Gasteiger partial charge in [-0.2, -0.15) is 0 Å². The van der Waals surface area contributed by atoms with Crippen LogP contribution in [0.3, 0.4) is 0 Å². The van der Waals surface area contributed by atoms with E-state index < -0.39 is 0 Å². The average molecular weight is 302 g/mol. The molecule has 1 aliphatic carbocycles. The first-order chi connectivity index (χ1) is 10.3. The van der Waals surface area contributed by atoms with Crippen molar-refractivity contribution in [3.63, 3.8) is 0 Å². The van der Waals surface area contributed by atoms with E-state index in [0.717, 1.165) is 35.4 Å². The maximum Gasteiger partial charge on any atom is 0.133 e. The van der Waals surface area contributed by atoms with E-state index in [4.69, 9.17) is 9.72 Å². The molecule has 0 N–H and O–H groups in total. The number of rotatable bonds is 3. The van der Waals surface area contributed by atoms with Gasteiger partial charge in [0.2, 0.25) is 0 Å². The summed E-state index contributed by atoms with van der Waals surface area (Å²) >= 11 is 1.68. The average Bonchev–Trinajstić information content (AvgIpc) is 3.29. The van der Waals surface area contributed by atoms with Gasteiger partial charge in [0.15, 0.2) is 0 Å². The van der Waals surface area contributed by atoms with Crippen molar-refractivity contribution in [1.82, 2.24) is 15.0 Å². The summed E-state index contributed by atoms with van der Waals surface area (Å²) in [5, 5.41) is 3.14. The first kappa shape index (κ1) is 13.2. The van der Waals surface area contributed by atoms with Crippen molar-refractivity contribution in [1.29, 1.82) is 0 Å². The third kappa shape index (κ3) is 2.78. The second-order valence-corrected chi connectivity index (χ2v) is 6.57. The summed E-state index contributed by atoms with van der Waals surface area (Å²) in [7, 11) is 0. The van der Waals surface area contributed by atoms with Crippen LogP contribution < -0.4 is 4.90 Å². The van der Waals surface area contributed by atoms with Crippen LogP contribution in [0.5, 0.6) is 0 Å². The predicted molar refractivity (Wildman–Crippen MR) is 81.8 cm³/mol. The van der Waals surface area contributed by atoms with Crippen LogP contribution in [-0.4, -0.2) is 34.6 Å². The van der Waals surface area contributed by atoms with Crippen molar-refractivity contribution >= 4 is 17.2 Å². The minimum atomic E-state index is 0.0526. The van der Waals surface area contributed by atoms with E-state index in [2.05, 4.69) is 20.2 Å². The van der Waals surface area contributed by atoms with Crippen molar-refractivity contribution < 1.29 is 4.74 Å². The van der Waals surface area contributed by atoms with Crippen LogP contribution >= 0.6 is 11.3 Å². The Hall–Kier alpha value is -1.53. The molecule has 2 aliphatic rings. The molecule has 0 amide bonds. The van der Waals surface area contributed by atoms with Gasteiger partial charge < -0.3 is 9.64 Å². The molecule has 1 unspecified atom stereocenters. The smallest absolute Gasteiger partial charge is 0.133 e. The van der Waals surface area contributed by atoms with Gasteiger partial charge in [0, 0.05) is 29.7 Å². The summed E-state index contributed by atoms with van der Waals surface area (Å²) in [6, 6.07) is 2.00. The van der Waals surface area contributed by atoms with Gasteiger partial charge in [-0.3, -0.25) is 0 Å². The Bertz CT molecular complexity index is 640. The number of ether oxygens (including phenoxy) is 1. The van der Waals surface area contributed by atoms with Gasteiger partial charge in [-0.1, -0.05) is 0 Å². The Morgan fingerprint density at radius 2 is 2.24 bits per heavy atom. The van der Waals surface area contributed by atoms with Gasteiger partial charge >= 0.3 is 0 Å². The molecule has 1 aliphatic heterocycles. The fraction of sp³-hybridized carbons (Fsp3) is 0.533. The zero-order chi connectivity index (χ0) is 14.2. The molecule has 0 aromatic carbocycles. The van der Waals surface area contributed by atoms with E-state index in [1.165, 1.54) is 12.8 Å². The second-order valence-electron chi connectivity index (χ2n) is 5.68. The minimum absolute atomic E-state index is 0.0526. The summed E-state index contributed by atoms with van der Waals surface area (Å²) in [6.45, 7) is 4.43. The topological polar surface area (TPSA) is 51.1 Å². The third-order valence-electron chi connectivity index (χ3n) is 3.90. The van der Waals surface area contributed by atoms with Crippen LogP contribution in [0.25, 0.3) is 0 Å². The van der Waals surface area contributed by atoms with Gasteiger partial charge in [-0.15, -0.1) is 11.3 Å². The maximum atomic E-state index is 5.88. The number of aryl methyl sites for hydroxylation is 1. The number of morpholine rings is 1. The normalized spacial score (nSPS) is 22.5. The van der Waals surface area contributed by atoms with Gasteiger partial charge in [-0.05, 0) is 25.8 Å². The molecule has 6 heteroatoms. The molecule has 2 aromatic rings. The Kier molecular flexibility index (Phi) is 3.35. The zero-order valence-corrected chi connectivity index (χ0v) is 12.8. The summed E-state index contributed by atoms with van der Waals surface area (Å²) in [6.07, 6.45) is 4.40. The van der Waals surface area contributed by atoms with Crippen LogP contribution in [0, 0.1) is 6.92 Å². The molecular weight excluding hydrogens is 284 g/mol. The molecule has 110 valence electrons. The van der Waals surface area contributed by atoms with Gasteiger partial charge in [0.1, 0.15) is 22.8 Å². The summed E-state index contributed by atoms with van der Waals surface area (Å²) < 4.78 is 5.88. The van der Waals surface area contributed by atoms with Crippen LogP contribution in [0.2, 0.25) is 0 Å². The Labute approximate surface area is 128 Å². The minimum Gasteiger partial charge on any atom is -0.367 e. The fourth-order valence-electron chi connectivity index (χ4n) is 2.60. The highest BCUT2D eigenvalue weighted by atomic mass is 32.1. The van der Waals surface area contributed by atoms with Crippen molar-refractivity contribution in [3.8, 4) is 0 Å². The summed E-state index contributed by atoms with van der Waals surface area (Å²) in [4.78, 5) is 16.0. The molecule has 2 fully saturated rings. The van der Waals surface area contributed by atoms with E-state index in [1.54, 1.807) is 11.3 Å². The van der Waals surface area contributed by atoms with Crippen molar-refractivity contribution in [2.24, 2.45) is 0 Å². The van der Waals surface area contributed by atoms with Crippen LogP contribution in [0.1, 0.15) is 41.4 Å². The molecular formula is C15H18N4OS. The lowest BCUT2D eigenvalue weighted by Crippen LogP contribution is -2.39. The number of nitrogens with zero attached hydrogens (tertiary/aromatic N) is 4. The highest BCUT2D eigenvalue weighted by Gasteiger charge is 2.29. The van der Waals surface area contributed by atoms with E-state index in [0.29, 0.717) is 12.5 Å². The van der Waals surface area contributed by atoms with Crippen LogP contribution in [0.15, 0.2) is 17.6 Å². The summed E-state index contributed by atoms with van der Waals surface area (Å²) in [5.74, 6) is 2.61. The van der Waals surface area contributed by atoms with Crippen LogP contribution in [-0.2, 0) is 4.74 Å². The molecule has 1 saturated heterocycles. The SMILES string of the molecule is Cc1csc(C2CN(c3ccnc(C4CC4)n3)CCO2)n1. The Morgan fingerprint density at radius 3 is 3.00 bits per heavy atom. The quantitative estimate of drug-likeness (QED) is 0.872. The molecule has 1 saturated carbocycles. The molecule has 3 heterocycles. The number of anilines is 1. The monoisotopic (exact) mass is 302 g/mol. The van der Waals surface area contributed by atoms with Crippen molar-refractivity contribution in [2.45, 2.75) is 31.8 Å². The van der Waals surface area contributed by atoms with E-state index in [1.807, 2.05) is 19.2 Å². The summed E-state index contributed by atoms with van der Waals surface area (Å²) in [5.41, 5.74) is 1.06. The largest absolute Gasteiger partial charge is 0.367 e. The van der Waals surface area contributed by atoms with Gasteiger partial charge in [0.25, 0.3) is 0 Å². The van der Waals surface area contributed by atoms with E-state index in [9.17, 15) is 0 Å². The fourth-order valence-corrected chi connectivity index (χ4v) is 3.44. The highest BCUT2D eigenvalue weighted by molar-refractivity contribution is 7.09. The van der Waals surface area contributed by atoms with Crippen LogP contribution in [0.4, 0.5) is 5.82 Å². The first-order valence-corrected chi connectivity index (χ1v) is 8.29. The first-order valence-electron chi connectivity index (χ1n) is 7.41. The van der Waals surface area contributed by atoms with Gasteiger partial charge in [-0.25, -0.2) is 15.0 Å². The lowest BCUT2D eigenvalue weighted by molar-refractivity contribution is 0.0393. The molecule has 0 spiro atoms. The number of aromatic nitrogens is 3. The lowest BCUT2D eigenvalue weighted by Gasteiger charge is -2.32. The highest BCUT2D eigenvalue weighted by Crippen LogP contribution is 2.38. The molecule has 0 bridgehead atoms. The molecule has 0 radical (unpaired) electrons. The number of hydrogen-bond donors (Lipinski definition) is 0. The van der Waals surface area contributed by atoms with Gasteiger partial charge in [0.05, 0.1) is 13.2 Å². The lowest BCUT2D eigenvalue weighted by atomic mass is 10.2. The van der Waals surface area contributed by atoms with E-state index >= 15 is 0 Å². The van der Waals surface area contributed by atoms with E-state index in [-0.39, 0.29) is 6.10 Å². The number of thiazole rings is 1. The zero-order valence-electron chi connectivity index (χ0n) is 12.0. The predicted octanol–water partition coefficient (Wildman–Crippen LogP) is 2.70. The second kappa shape index (κ2) is 5.35. The molecule has 1 atom stereocenters.